The second-order valence-corrected chi connectivity index (χ2v) is 5.47. The number of carbonyl (C=O) groups is 1. The fourth-order valence-corrected chi connectivity index (χ4v) is 2.41. The molecule has 0 atom stereocenters. The average molecular weight is 304 g/mol. The van der Waals surface area contributed by atoms with E-state index in [1.54, 1.807) is 12.1 Å². The van der Waals surface area contributed by atoms with E-state index in [-0.39, 0.29) is 22.8 Å². The summed E-state index contributed by atoms with van der Waals surface area (Å²) in [6.07, 6.45) is 0. The number of aryl methyl sites for hydroxylation is 1. The molecule has 3 aromatic carbocycles. The third kappa shape index (κ3) is 3.09. The molecule has 3 nitrogen and oxygen atoms in total. The molecule has 0 unspecified atom stereocenters. The Kier molecular flexibility index (Phi) is 3.85. The molecule has 3 heteroatoms. The molecule has 0 saturated carbocycles. The highest BCUT2D eigenvalue weighted by Crippen LogP contribution is 2.28. The van der Waals surface area contributed by atoms with Gasteiger partial charge in [0.1, 0.15) is 11.5 Å². The maximum atomic E-state index is 12.6. The molecule has 0 aromatic heterocycles. The number of ketones is 1. The zero-order valence-electron chi connectivity index (χ0n) is 12.7. The predicted octanol–water partition coefficient (Wildman–Crippen LogP) is 4.30. The SMILES string of the molecule is Cc1ccc(-c2ccc(O)c(C(=O)c3ccc(O)cc3)c2)cc1. The van der Waals surface area contributed by atoms with E-state index in [9.17, 15) is 15.0 Å². The highest BCUT2D eigenvalue weighted by atomic mass is 16.3. The molecule has 0 aliphatic rings. The lowest BCUT2D eigenvalue weighted by molar-refractivity contribution is 0.103. The molecule has 3 rings (SSSR count). The van der Waals surface area contributed by atoms with Crippen molar-refractivity contribution < 1.29 is 15.0 Å². The van der Waals surface area contributed by atoms with Crippen molar-refractivity contribution in [3.8, 4) is 22.6 Å². The Morgan fingerprint density at radius 3 is 2.04 bits per heavy atom. The van der Waals surface area contributed by atoms with E-state index in [4.69, 9.17) is 0 Å². The molecule has 0 saturated heterocycles. The fourth-order valence-electron chi connectivity index (χ4n) is 2.41. The van der Waals surface area contributed by atoms with Crippen LogP contribution >= 0.6 is 0 Å². The molecule has 0 fully saturated rings. The summed E-state index contributed by atoms with van der Waals surface area (Å²) < 4.78 is 0. The number of phenols is 2. The number of carbonyl (C=O) groups excluding carboxylic acids is 1. The van der Waals surface area contributed by atoms with Gasteiger partial charge in [0.2, 0.25) is 0 Å². The third-order valence-electron chi connectivity index (χ3n) is 3.76. The smallest absolute Gasteiger partial charge is 0.196 e. The van der Waals surface area contributed by atoms with Crippen LogP contribution in [0.1, 0.15) is 21.5 Å². The molecule has 0 spiro atoms. The van der Waals surface area contributed by atoms with Crippen molar-refractivity contribution in [3.63, 3.8) is 0 Å². The number of hydrogen-bond donors (Lipinski definition) is 2. The van der Waals surface area contributed by atoms with Gasteiger partial charge in [-0.1, -0.05) is 35.9 Å². The largest absolute Gasteiger partial charge is 0.508 e. The molecule has 0 radical (unpaired) electrons. The van der Waals surface area contributed by atoms with E-state index < -0.39 is 0 Å². The molecule has 0 heterocycles. The minimum absolute atomic E-state index is 0.0565. The Balaban J connectivity index is 2.02. The molecule has 0 amide bonds. The first-order valence-electron chi connectivity index (χ1n) is 7.28. The van der Waals surface area contributed by atoms with Gasteiger partial charge in [0.25, 0.3) is 0 Å². The predicted molar refractivity (Wildman–Crippen MR) is 89.8 cm³/mol. The van der Waals surface area contributed by atoms with Crippen molar-refractivity contribution >= 4 is 5.78 Å². The number of hydrogen-bond acceptors (Lipinski definition) is 3. The lowest BCUT2D eigenvalue weighted by Gasteiger charge is -2.08. The number of aromatic hydroxyl groups is 2. The van der Waals surface area contributed by atoms with Crippen molar-refractivity contribution in [2.45, 2.75) is 6.92 Å². The van der Waals surface area contributed by atoms with Crippen molar-refractivity contribution in [3.05, 3.63) is 83.4 Å². The molecule has 0 bridgehead atoms. The normalized spacial score (nSPS) is 10.5. The summed E-state index contributed by atoms with van der Waals surface area (Å²) in [4.78, 5) is 12.6. The summed E-state index contributed by atoms with van der Waals surface area (Å²) in [5.74, 6) is -0.241. The highest BCUT2D eigenvalue weighted by Gasteiger charge is 2.15. The maximum Gasteiger partial charge on any atom is 0.196 e. The summed E-state index contributed by atoms with van der Waals surface area (Å²) in [6.45, 7) is 2.01. The maximum absolute atomic E-state index is 12.6. The van der Waals surface area contributed by atoms with E-state index in [2.05, 4.69) is 0 Å². The Labute approximate surface area is 134 Å². The van der Waals surface area contributed by atoms with Crippen LogP contribution in [-0.2, 0) is 0 Å². The van der Waals surface area contributed by atoms with Gasteiger partial charge in [-0.3, -0.25) is 4.79 Å². The summed E-state index contributed by atoms with van der Waals surface area (Å²) in [6, 6.07) is 19.0. The van der Waals surface area contributed by atoms with Gasteiger partial charge in [0, 0.05) is 5.56 Å². The van der Waals surface area contributed by atoms with Gasteiger partial charge in [0.05, 0.1) is 5.56 Å². The Morgan fingerprint density at radius 2 is 1.39 bits per heavy atom. The first kappa shape index (κ1) is 14.9. The van der Waals surface area contributed by atoms with Crippen molar-refractivity contribution in [2.24, 2.45) is 0 Å². The molecule has 3 aromatic rings. The molecule has 0 aliphatic carbocycles. The molecule has 114 valence electrons. The van der Waals surface area contributed by atoms with Crippen LogP contribution in [0.5, 0.6) is 11.5 Å². The Hall–Kier alpha value is -3.07. The minimum Gasteiger partial charge on any atom is -0.508 e. The van der Waals surface area contributed by atoms with Crippen LogP contribution in [0.2, 0.25) is 0 Å². The van der Waals surface area contributed by atoms with Crippen molar-refractivity contribution in [1.29, 1.82) is 0 Å². The number of rotatable bonds is 3. The second-order valence-electron chi connectivity index (χ2n) is 5.47. The van der Waals surface area contributed by atoms with E-state index in [1.165, 1.54) is 30.3 Å². The molecule has 0 aliphatic heterocycles. The van der Waals surface area contributed by atoms with E-state index >= 15 is 0 Å². The summed E-state index contributed by atoms with van der Waals surface area (Å²) in [7, 11) is 0. The summed E-state index contributed by atoms with van der Waals surface area (Å²) in [5, 5.41) is 19.4. The first-order valence-corrected chi connectivity index (χ1v) is 7.28. The van der Waals surface area contributed by atoms with Gasteiger partial charge in [-0.15, -0.1) is 0 Å². The summed E-state index contributed by atoms with van der Waals surface area (Å²) >= 11 is 0. The van der Waals surface area contributed by atoms with Gasteiger partial charge in [0.15, 0.2) is 5.78 Å². The number of phenolic OH excluding ortho intramolecular Hbond substituents is 2. The zero-order chi connectivity index (χ0) is 16.4. The van der Waals surface area contributed by atoms with Crippen LogP contribution < -0.4 is 0 Å². The van der Waals surface area contributed by atoms with Crippen LogP contribution in [0, 0.1) is 6.92 Å². The summed E-state index contributed by atoms with van der Waals surface area (Å²) in [5.41, 5.74) is 3.67. The van der Waals surface area contributed by atoms with Crippen LogP contribution in [0.4, 0.5) is 0 Å². The van der Waals surface area contributed by atoms with Crippen molar-refractivity contribution in [2.75, 3.05) is 0 Å². The zero-order valence-corrected chi connectivity index (χ0v) is 12.7. The topological polar surface area (TPSA) is 57.5 Å². The van der Waals surface area contributed by atoms with Gasteiger partial charge >= 0.3 is 0 Å². The number of benzene rings is 3. The Bertz CT molecular complexity index is 847. The van der Waals surface area contributed by atoms with Gasteiger partial charge in [-0.2, -0.15) is 0 Å². The van der Waals surface area contributed by atoms with Crippen molar-refractivity contribution in [1.82, 2.24) is 0 Å². The van der Waals surface area contributed by atoms with Crippen LogP contribution in [0.15, 0.2) is 66.7 Å². The Morgan fingerprint density at radius 1 is 0.783 bits per heavy atom. The molecular weight excluding hydrogens is 288 g/mol. The fraction of sp³-hybridized carbons (Fsp3) is 0.0500. The van der Waals surface area contributed by atoms with E-state index in [0.29, 0.717) is 5.56 Å². The van der Waals surface area contributed by atoms with Gasteiger partial charge in [-0.25, -0.2) is 0 Å². The van der Waals surface area contributed by atoms with Gasteiger partial charge < -0.3 is 10.2 Å². The molecule has 23 heavy (non-hydrogen) atoms. The highest BCUT2D eigenvalue weighted by molar-refractivity contribution is 6.11. The monoisotopic (exact) mass is 304 g/mol. The third-order valence-corrected chi connectivity index (χ3v) is 3.76. The second kappa shape index (κ2) is 5.97. The molecular formula is C20H16O3. The lowest BCUT2D eigenvalue weighted by atomic mass is 9.97. The van der Waals surface area contributed by atoms with Gasteiger partial charge in [-0.05, 0) is 54.4 Å². The quantitative estimate of drug-likeness (QED) is 0.709. The van der Waals surface area contributed by atoms with Crippen LogP contribution in [0.25, 0.3) is 11.1 Å². The molecule has 2 N–H and O–H groups in total. The van der Waals surface area contributed by atoms with Crippen LogP contribution in [0.3, 0.4) is 0 Å². The lowest BCUT2D eigenvalue weighted by Crippen LogP contribution is -2.01. The standard InChI is InChI=1S/C20H16O3/c1-13-2-4-14(5-3-13)16-8-11-19(22)18(12-16)20(23)15-6-9-17(21)10-7-15/h2-12,21-22H,1H3. The average Bonchev–Trinajstić information content (AvgIpc) is 2.56. The first-order chi connectivity index (χ1) is 11.0. The van der Waals surface area contributed by atoms with Crippen LogP contribution in [-0.4, -0.2) is 16.0 Å². The minimum atomic E-state index is -0.281. The van der Waals surface area contributed by atoms with E-state index in [0.717, 1.165) is 16.7 Å². The van der Waals surface area contributed by atoms with E-state index in [1.807, 2.05) is 31.2 Å².